The van der Waals surface area contributed by atoms with Crippen LogP contribution >= 0.6 is 0 Å². The third-order valence-corrected chi connectivity index (χ3v) is 3.30. The summed E-state index contributed by atoms with van der Waals surface area (Å²) < 4.78 is 5.62. The van der Waals surface area contributed by atoms with E-state index in [2.05, 4.69) is 4.90 Å². The minimum absolute atomic E-state index is 0.200. The van der Waals surface area contributed by atoms with Gasteiger partial charge in [0.1, 0.15) is 5.75 Å². The normalized spacial score (nSPS) is 16.7. The highest BCUT2D eigenvalue weighted by Gasteiger charge is 2.19. The van der Waals surface area contributed by atoms with Gasteiger partial charge in [0.05, 0.1) is 13.2 Å². The van der Waals surface area contributed by atoms with Gasteiger partial charge in [-0.2, -0.15) is 0 Å². The lowest BCUT2D eigenvalue weighted by atomic mass is 10.3. The van der Waals surface area contributed by atoms with Gasteiger partial charge in [-0.15, -0.1) is 0 Å². The van der Waals surface area contributed by atoms with Crippen molar-refractivity contribution in [3.05, 3.63) is 24.3 Å². The van der Waals surface area contributed by atoms with Crippen molar-refractivity contribution in [1.29, 1.82) is 0 Å². The maximum absolute atomic E-state index is 11.5. The number of hydrogen-bond acceptors (Lipinski definition) is 4. The number of nitrogen functional groups attached to an aromatic ring is 1. The largest absolute Gasteiger partial charge is 0.494 e. The summed E-state index contributed by atoms with van der Waals surface area (Å²) in [6, 6.07) is 7.40. The lowest BCUT2D eigenvalue weighted by Crippen LogP contribution is -2.48. The fraction of sp³-hybridized carbons (Fsp3) is 0.500. The number of anilines is 1. The molecule has 1 aliphatic heterocycles. The number of likely N-dealkylation sites (N-methyl/N-ethyl adjacent to an activating group) is 1. The monoisotopic (exact) mass is 263 g/mol. The Morgan fingerprint density at radius 1 is 1.26 bits per heavy atom. The number of nitrogens with two attached hydrogens (primary N) is 1. The fourth-order valence-corrected chi connectivity index (χ4v) is 2.04. The summed E-state index contributed by atoms with van der Waals surface area (Å²) in [4.78, 5) is 15.5. The fourth-order valence-electron chi connectivity index (χ4n) is 2.04. The minimum atomic E-state index is 0.200. The van der Waals surface area contributed by atoms with Gasteiger partial charge in [0.2, 0.25) is 5.91 Å². The molecule has 2 N–H and O–H groups in total. The molecule has 1 aromatic rings. The van der Waals surface area contributed by atoms with Crippen LogP contribution in [0.15, 0.2) is 24.3 Å². The Hall–Kier alpha value is -1.75. The van der Waals surface area contributed by atoms with Crippen molar-refractivity contribution < 1.29 is 9.53 Å². The molecule has 0 unspecified atom stereocenters. The SMILES string of the molecule is CN1CCN(CCCOc2ccc(N)cc2)CC1=O. The van der Waals surface area contributed by atoms with Crippen molar-refractivity contribution in [3.8, 4) is 5.75 Å². The number of hydrogen-bond donors (Lipinski definition) is 1. The van der Waals surface area contributed by atoms with Gasteiger partial charge in [-0.25, -0.2) is 0 Å². The summed E-state index contributed by atoms with van der Waals surface area (Å²) in [5, 5.41) is 0. The second kappa shape index (κ2) is 6.43. The maximum Gasteiger partial charge on any atom is 0.236 e. The van der Waals surface area contributed by atoms with Gasteiger partial charge >= 0.3 is 0 Å². The van der Waals surface area contributed by atoms with E-state index in [-0.39, 0.29) is 5.91 Å². The van der Waals surface area contributed by atoms with Crippen LogP contribution in [0.3, 0.4) is 0 Å². The Labute approximate surface area is 113 Å². The van der Waals surface area contributed by atoms with Crippen LogP contribution in [0.2, 0.25) is 0 Å². The Balaban J connectivity index is 1.64. The standard InChI is InChI=1S/C14H21N3O2/c1-16-8-9-17(11-14(16)18)7-2-10-19-13-5-3-12(15)4-6-13/h3-6H,2,7-11,15H2,1H3. The Morgan fingerprint density at radius 3 is 2.68 bits per heavy atom. The maximum atomic E-state index is 11.5. The molecule has 0 saturated carbocycles. The van der Waals surface area contributed by atoms with Crippen LogP contribution in [0.1, 0.15) is 6.42 Å². The van der Waals surface area contributed by atoms with Crippen molar-refractivity contribution in [2.24, 2.45) is 0 Å². The molecule has 1 aromatic carbocycles. The molecule has 2 rings (SSSR count). The Kier molecular flexibility index (Phi) is 4.63. The van der Waals surface area contributed by atoms with E-state index in [0.717, 1.165) is 37.5 Å². The second-order valence-electron chi connectivity index (χ2n) is 4.86. The van der Waals surface area contributed by atoms with Crippen molar-refractivity contribution in [1.82, 2.24) is 9.80 Å². The zero-order valence-electron chi connectivity index (χ0n) is 11.3. The van der Waals surface area contributed by atoms with E-state index < -0.39 is 0 Å². The average Bonchev–Trinajstić information content (AvgIpc) is 2.41. The van der Waals surface area contributed by atoms with Crippen LogP contribution in [0.4, 0.5) is 5.69 Å². The molecule has 19 heavy (non-hydrogen) atoms. The zero-order valence-corrected chi connectivity index (χ0v) is 11.3. The van der Waals surface area contributed by atoms with E-state index in [0.29, 0.717) is 13.2 Å². The van der Waals surface area contributed by atoms with Gasteiger partial charge in [0.15, 0.2) is 0 Å². The number of nitrogens with zero attached hydrogens (tertiary/aromatic N) is 2. The molecule has 0 spiro atoms. The molecule has 5 nitrogen and oxygen atoms in total. The highest BCUT2D eigenvalue weighted by Crippen LogP contribution is 2.13. The van der Waals surface area contributed by atoms with E-state index >= 15 is 0 Å². The van der Waals surface area contributed by atoms with Gasteiger partial charge in [-0.1, -0.05) is 0 Å². The summed E-state index contributed by atoms with van der Waals surface area (Å²) in [7, 11) is 1.85. The lowest BCUT2D eigenvalue weighted by Gasteiger charge is -2.31. The number of ether oxygens (including phenoxy) is 1. The quantitative estimate of drug-likeness (QED) is 0.631. The first kappa shape index (κ1) is 13.7. The van der Waals surface area contributed by atoms with Crippen molar-refractivity contribution in [2.75, 3.05) is 45.6 Å². The van der Waals surface area contributed by atoms with Crippen molar-refractivity contribution >= 4 is 11.6 Å². The van der Waals surface area contributed by atoms with Crippen LogP contribution in [-0.2, 0) is 4.79 Å². The van der Waals surface area contributed by atoms with E-state index in [1.807, 2.05) is 31.3 Å². The summed E-state index contributed by atoms with van der Waals surface area (Å²) in [5.41, 5.74) is 6.34. The van der Waals surface area contributed by atoms with Crippen LogP contribution < -0.4 is 10.5 Å². The number of benzene rings is 1. The lowest BCUT2D eigenvalue weighted by molar-refractivity contribution is -0.134. The molecule has 1 aliphatic rings. The zero-order chi connectivity index (χ0) is 13.7. The van der Waals surface area contributed by atoms with Crippen LogP contribution in [-0.4, -0.2) is 55.5 Å². The van der Waals surface area contributed by atoms with E-state index in [1.165, 1.54) is 0 Å². The molecule has 0 aliphatic carbocycles. The van der Waals surface area contributed by atoms with Crippen LogP contribution in [0.5, 0.6) is 5.75 Å². The van der Waals surface area contributed by atoms with Crippen LogP contribution in [0, 0.1) is 0 Å². The van der Waals surface area contributed by atoms with Crippen molar-refractivity contribution in [3.63, 3.8) is 0 Å². The molecule has 0 radical (unpaired) electrons. The third-order valence-electron chi connectivity index (χ3n) is 3.30. The summed E-state index contributed by atoms with van der Waals surface area (Å²) in [6.07, 6.45) is 0.918. The number of amides is 1. The van der Waals surface area contributed by atoms with Crippen LogP contribution in [0.25, 0.3) is 0 Å². The van der Waals surface area contributed by atoms with Gasteiger partial charge in [-0.05, 0) is 30.7 Å². The molecule has 0 aromatic heterocycles. The predicted octanol–water partition coefficient (Wildman–Crippen LogP) is 0.812. The summed E-state index contributed by atoms with van der Waals surface area (Å²) >= 11 is 0. The number of rotatable bonds is 5. The first-order valence-electron chi connectivity index (χ1n) is 6.60. The van der Waals surface area contributed by atoms with Gasteiger partial charge in [-0.3, -0.25) is 9.69 Å². The molecule has 1 saturated heterocycles. The molecule has 104 valence electrons. The predicted molar refractivity (Wildman–Crippen MR) is 75.0 cm³/mol. The van der Waals surface area contributed by atoms with E-state index in [9.17, 15) is 4.79 Å². The number of carbonyl (C=O) groups excluding carboxylic acids is 1. The molecule has 0 atom stereocenters. The van der Waals surface area contributed by atoms with E-state index in [1.54, 1.807) is 4.90 Å². The number of carbonyl (C=O) groups is 1. The first-order chi connectivity index (χ1) is 9.15. The Morgan fingerprint density at radius 2 is 2.00 bits per heavy atom. The van der Waals surface area contributed by atoms with Gasteiger partial charge in [0, 0.05) is 32.4 Å². The van der Waals surface area contributed by atoms with E-state index in [4.69, 9.17) is 10.5 Å². The minimum Gasteiger partial charge on any atom is -0.494 e. The summed E-state index contributed by atoms with van der Waals surface area (Å²) in [6.45, 7) is 3.85. The third kappa shape index (κ3) is 4.13. The molecule has 1 fully saturated rings. The average molecular weight is 263 g/mol. The smallest absolute Gasteiger partial charge is 0.236 e. The van der Waals surface area contributed by atoms with Crippen molar-refractivity contribution in [2.45, 2.75) is 6.42 Å². The molecule has 1 heterocycles. The highest BCUT2D eigenvalue weighted by atomic mass is 16.5. The highest BCUT2D eigenvalue weighted by molar-refractivity contribution is 5.78. The molecule has 0 bridgehead atoms. The molecular weight excluding hydrogens is 242 g/mol. The Bertz CT molecular complexity index is 419. The second-order valence-corrected chi connectivity index (χ2v) is 4.86. The summed E-state index contributed by atoms with van der Waals surface area (Å²) in [5.74, 6) is 1.04. The number of piperazine rings is 1. The first-order valence-corrected chi connectivity index (χ1v) is 6.60. The topological polar surface area (TPSA) is 58.8 Å². The molecule has 1 amide bonds. The molecule has 5 heteroatoms. The molecular formula is C14H21N3O2. The van der Waals surface area contributed by atoms with Gasteiger partial charge in [0.25, 0.3) is 0 Å². The van der Waals surface area contributed by atoms with Gasteiger partial charge < -0.3 is 15.4 Å².